The molecule has 0 aliphatic heterocycles. The van der Waals surface area contributed by atoms with E-state index in [-0.39, 0.29) is 5.56 Å². The lowest BCUT2D eigenvalue weighted by atomic mass is 10.0. The first-order chi connectivity index (χ1) is 8.93. The molecule has 0 unspecified atom stereocenters. The van der Waals surface area contributed by atoms with Crippen LogP contribution >= 0.6 is 15.9 Å². The van der Waals surface area contributed by atoms with Crippen LogP contribution in [-0.2, 0) is 17.2 Å². The van der Waals surface area contributed by atoms with E-state index in [0.717, 1.165) is 6.07 Å². The maximum atomic E-state index is 13.0. The third kappa shape index (κ3) is 4.56. The number of alkyl halides is 3. The normalized spacial score (nSPS) is 16.0. The summed E-state index contributed by atoms with van der Waals surface area (Å²) in [6.45, 7) is 6.85. The fraction of sp³-hybridized carbons (Fsp3) is 0.538. The van der Waals surface area contributed by atoms with Crippen molar-refractivity contribution in [3.8, 4) is 0 Å². The first-order valence-corrected chi connectivity index (χ1v) is 7.92. The average Bonchev–Trinajstić information content (AvgIpc) is 2.26. The SMILES string of the molecule is C[C@@H](N[S@@](=O)C(C)(C)C)c1ccc(Br)cc1C(F)(F)F. The number of benzene rings is 1. The summed E-state index contributed by atoms with van der Waals surface area (Å²) in [4.78, 5) is 0. The molecule has 114 valence electrons. The molecule has 1 aromatic carbocycles. The quantitative estimate of drug-likeness (QED) is 0.827. The van der Waals surface area contributed by atoms with Gasteiger partial charge in [-0.2, -0.15) is 13.2 Å². The maximum absolute atomic E-state index is 13.0. The zero-order valence-electron chi connectivity index (χ0n) is 11.6. The lowest BCUT2D eigenvalue weighted by molar-refractivity contribution is -0.138. The number of halogens is 4. The van der Waals surface area contributed by atoms with Crippen LogP contribution in [0.15, 0.2) is 22.7 Å². The second-order valence-electron chi connectivity index (χ2n) is 5.45. The van der Waals surface area contributed by atoms with E-state index in [1.807, 2.05) is 0 Å². The zero-order chi connectivity index (χ0) is 15.7. The summed E-state index contributed by atoms with van der Waals surface area (Å²) in [5, 5.41) is 0. The largest absolute Gasteiger partial charge is 0.416 e. The highest BCUT2D eigenvalue weighted by molar-refractivity contribution is 9.10. The van der Waals surface area contributed by atoms with Crippen molar-refractivity contribution < 1.29 is 17.4 Å². The smallest absolute Gasteiger partial charge is 0.242 e. The lowest BCUT2D eigenvalue weighted by Crippen LogP contribution is -2.35. The Hall–Kier alpha value is -0.400. The molecule has 1 N–H and O–H groups in total. The van der Waals surface area contributed by atoms with Gasteiger partial charge in [-0.15, -0.1) is 0 Å². The highest BCUT2D eigenvalue weighted by Crippen LogP contribution is 2.36. The van der Waals surface area contributed by atoms with Crippen molar-refractivity contribution in [3.63, 3.8) is 0 Å². The minimum atomic E-state index is -4.45. The minimum Gasteiger partial charge on any atom is -0.242 e. The molecule has 0 aliphatic rings. The molecule has 2 nitrogen and oxygen atoms in total. The van der Waals surface area contributed by atoms with Gasteiger partial charge in [0.2, 0.25) is 0 Å². The number of rotatable bonds is 3. The van der Waals surface area contributed by atoms with Crippen molar-refractivity contribution in [2.24, 2.45) is 0 Å². The van der Waals surface area contributed by atoms with Crippen LogP contribution in [0.3, 0.4) is 0 Å². The molecule has 0 amide bonds. The van der Waals surface area contributed by atoms with Crippen LogP contribution in [-0.4, -0.2) is 8.96 Å². The van der Waals surface area contributed by atoms with Crippen molar-refractivity contribution in [2.45, 2.75) is 44.7 Å². The molecule has 0 spiro atoms. The van der Waals surface area contributed by atoms with Gasteiger partial charge in [0.05, 0.1) is 21.3 Å². The molecule has 7 heteroatoms. The van der Waals surface area contributed by atoms with E-state index in [1.165, 1.54) is 6.07 Å². The molecule has 0 heterocycles. The van der Waals surface area contributed by atoms with Gasteiger partial charge in [-0.25, -0.2) is 8.93 Å². The van der Waals surface area contributed by atoms with E-state index in [0.29, 0.717) is 4.47 Å². The lowest BCUT2D eigenvalue weighted by Gasteiger charge is -2.24. The zero-order valence-corrected chi connectivity index (χ0v) is 14.0. The summed E-state index contributed by atoms with van der Waals surface area (Å²) >= 11 is 3.04. The maximum Gasteiger partial charge on any atom is 0.416 e. The van der Waals surface area contributed by atoms with Crippen molar-refractivity contribution in [1.29, 1.82) is 0 Å². The Balaban J connectivity index is 3.11. The topological polar surface area (TPSA) is 29.1 Å². The van der Waals surface area contributed by atoms with Gasteiger partial charge in [-0.3, -0.25) is 0 Å². The fourth-order valence-electron chi connectivity index (χ4n) is 1.55. The molecule has 0 saturated heterocycles. The Labute approximate surface area is 127 Å². The molecular formula is C13H17BrF3NOS. The van der Waals surface area contributed by atoms with E-state index < -0.39 is 33.5 Å². The average molecular weight is 372 g/mol. The van der Waals surface area contributed by atoms with E-state index in [2.05, 4.69) is 20.7 Å². The summed E-state index contributed by atoms with van der Waals surface area (Å²) < 4.78 is 53.6. The van der Waals surface area contributed by atoms with Crippen molar-refractivity contribution in [1.82, 2.24) is 4.72 Å². The Bertz CT molecular complexity index is 511. The summed E-state index contributed by atoms with van der Waals surface area (Å²) in [7, 11) is -1.44. The van der Waals surface area contributed by atoms with Gasteiger partial charge in [0, 0.05) is 10.5 Å². The van der Waals surface area contributed by atoms with Crippen LogP contribution < -0.4 is 4.72 Å². The Kier molecular flexibility index (Phi) is 5.43. The summed E-state index contributed by atoms with van der Waals surface area (Å²) in [6, 6.07) is 3.31. The molecule has 1 rings (SSSR count). The van der Waals surface area contributed by atoms with Gasteiger partial charge in [-0.05, 0) is 45.4 Å². The Morgan fingerprint density at radius 3 is 2.25 bits per heavy atom. The molecule has 1 aromatic rings. The Morgan fingerprint density at radius 1 is 1.25 bits per heavy atom. The van der Waals surface area contributed by atoms with E-state index >= 15 is 0 Å². The molecule has 0 aromatic heterocycles. The van der Waals surface area contributed by atoms with Crippen LogP contribution in [0.4, 0.5) is 13.2 Å². The van der Waals surface area contributed by atoms with E-state index in [4.69, 9.17) is 0 Å². The number of hydrogen-bond donors (Lipinski definition) is 1. The van der Waals surface area contributed by atoms with Gasteiger partial charge >= 0.3 is 6.18 Å². The molecule has 20 heavy (non-hydrogen) atoms. The highest BCUT2D eigenvalue weighted by atomic mass is 79.9. The molecule has 0 aliphatic carbocycles. The van der Waals surface area contributed by atoms with Gasteiger partial charge in [0.15, 0.2) is 0 Å². The number of hydrogen-bond acceptors (Lipinski definition) is 1. The van der Waals surface area contributed by atoms with Gasteiger partial charge in [0.25, 0.3) is 0 Å². The van der Waals surface area contributed by atoms with Gasteiger partial charge in [0.1, 0.15) is 0 Å². The number of nitrogens with one attached hydrogen (secondary N) is 1. The van der Waals surface area contributed by atoms with Crippen LogP contribution in [0.2, 0.25) is 0 Å². The highest BCUT2D eigenvalue weighted by Gasteiger charge is 2.35. The van der Waals surface area contributed by atoms with Gasteiger partial charge < -0.3 is 0 Å². The third-order valence-electron chi connectivity index (χ3n) is 2.63. The van der Waals surface area contributed by atoms with E-state index in [9.17, 15) is 17.4 Å². The summed E-state index contributed by atoms with van der Waals surface area (Å²) in [5.74, 6) is 0. The van der Waals surface area contributed by atoms with E-state index in [1.54, 1.807) is 33.8 Å². The first kappa shape index (κ1) is 17.7. The van der Waals surface area contributed by atoms with Crippen molar-refractivity contribution >= 4 is 26.9 Å². The van der Waals surface area contributed by atoms with Crippen molar-refractivity contribution in [3.05, 3.63) is 33.8 Å². The predicted octanol–water partition coefficient (Wildman–Crippen LogP) is 4.58. The minimum absolute atomic E-state index is 0.0818. The molecule has 0 saturated carbocycles. The van der Waals surface area contributed by atoms with Crippen molar-refractivity contribution in [2.75, 3.05) is 0 Å². The van der Waals surface area contributed by atoms with Crippen LogP contribution in [0.1, 0.15) is 44.9 Å². The second kappa shape index (κ2) is 6.15. The molecular weight excluding hydrogens is 355 g/mol. The molecule has 0 fully saturated rings. The summed E-state index contributed by atoms with van der Waals surface area (Å²) in [5.41, 5.74) is -0.643. The Morgan fingerprint density at radius 2 is 1.80 bits per heavy atom. The first-order valence-electron chi connectivity index (χ1n) is 5.97. The third-order valence-corrected chi connectivity index (χ3v) is 4.80. The second-order valence-corrected chi connectivity index (χ2v) is 8.36. The standard InChI is InChI=1S/C13H17BrF3NOS/c1-8(18-20(19)12(2,3)4)10-6-5-9(14)7-11(10)13(15,16)17/h5-8,18H,1-4H3/t8-,20+/m1/s1. The molecule has 0 bridgehead atoms. The van der Waals surface area contributed by atoms with Gasteiger partial charge in [-0.1, -0.05) is 22.0 Å². The van der Waals surface area contributed by atoms with Crippen LogP contribution in [0, 0.1) is 0 Å². The predicted molar refractivity (Wildman–Crippen MR) is 78.6 cm³/mol. The van der Waals surface area contributed by atoms with Crippen LogP contribution in [0.5, 0.6) is 0 Å². The molecule has 2 atom stereocenters. The molecule has 0 radical (unpaired) electrons. The monoisotopic (exact) mass is 371 g/mol. The fourth-order valence-corrected chi connectivity index (χ4v) is 2.72. The van der Waals surface area contributed by atoms with Crippen LogP contribution in [0.25, 0.3) is 0 Å². The summed E-state index contributed by atoms with van der Waals surface area (Å²) in [6.07, 6.45) is -4.45.